The molecule has 0 saturated heterocycles. The summed E-state index contributed by atoms with van der Waals surface area (Å²) in [7, 11) is 0. The SMILES string of the molecule is C#CC(C)(C)NCC(=O)NC1CCCCCC1. The standard InChI is InChI=1S/C14H24N2O/c1-4-14(2,3)15-11-13(17)16-12-9-7-5-6-8-10-12/h1,12,15H,5-11H2,2-3H3,(H,16,17). The first-order valence-electron chi connectivity index (χ1n) is 6.56. The van der Waals surface area contributed by atoms with Crippen LogP contribution in [-0.4, -0.2) is 24.0 Å². The molecule has 0 heterocycles. The number of amides is 1. The maximum atomic E-state index is 11.7. The molecule has 0 aromatic heterocycles. The van der Waals surface area contributed by atoms with Crippen molar-refractivity contribution in [2.75, 3.05) is 6.54 Å². The molecule has 1 saturated carbocycles. The van der Waals surface area contributed by atoms with E-state index in [0.717, 1.165) is 12.8 Å². The third-order valence-corrected chi connectivity index (χ3v) is 3.27. The first kappa shape index (κ1) is 14.1. The van der Waals surface area contributed by atoms with E-state index in [1.54, 1.807) is 0 Å². The number of hydrogen-bond donors (Lipinski definition) is 2. The molecule has 0 atom stereocenters. The molecule has 17 heavy (non-hydrogen) atoms. The van der Waals surface area contributed by atoms with E-state index >= 15 is 0 Å². The van der Waals surface area contributed by atoms with Gasteiger partial charge in [0, 0.05) is 6.04 Å². The number of rotatable bonds is 4. The molecule has 0 aromatic rings. The zero-order chi connectivity index (χ0) is 12.7. The Labute approximate surface area is 105 Å². The summed E-state index contributed by atoms with van der Waals surface area (Å²) < 4.78 is 0. The molecule has 1 aliphatic rings. The van der Waals surface area contributed by atoms with Gasteiger partial charge in [-0.3, -0.25) is 10.1 Å². The van der Waals surface area contributed by atoms with E-state index in [1.165, 1.54) is 25.7 Å². The summed E-state index contributed by atoms with van der Waals surface area (Å²) in [6.07, 6.45) is 12.6. The van der Waals surface area contributed by atoms with Gasteiger partial charge < -0.3 is 5.32 Å². The lowest BCUT2D eigenvalue weighted by Gasteiger charge is -2.21. The minimum absolute atomic E-state index is 0.0558. The Bertz CT molecular complexity index is 283. The van der Waals surface area contributed by atoms with Crippen LogP contribution in [0.1, 0.15) is 52.4 Å². The Hall–Kier alpha value is -1.01. The van der Waals surface area contributed by atoms with Crippen molar-refractivity contribution in [2.45, 2.75) is 64.0 Å². The molecule has 2 N–H and O–H groups in total. The summed E-state index contributed by atoms with van der Waals surface area (Å²) in [5, 5.41) is 6.15. The van der Waals surface area contributed by atoms with Gasteiger partial charge in [-0.15, -0.1) is 6.42 Å². The molecular weight excluding hydrogens is 212 g/mol. The van der Waals surface area contributed by atoms with Crippen molar-refractivity contribution in [3.63, 3.8) is 0 Å². The largest absolute Gasteiger partial charge is 0.352 e. The number of carbonyl (C=O) groups excluding carboxylic acids is 1. The summed E-state index contributed by atoms with van der Waals surface area (Å²) in [5.74, 6) is 2.67. The van der Waals surface area contributed by atoms with Gasteiger partial charge in [-0.1, -0.05) is 31.6 Å². The third kappa shape index (κ3) is 5.74. The Morgan fingerprint density at radius 1 is 1.29 bits per heavy atom. The molecule has 0 aromatic carbocycles. The highest BCUT2D eigenvalue weighted by Gasteiger charge is 2.17. The van der Waals surface area contributed by atoms with Gasteiger partial charge in [0.05, 0.1) is 12.1 Å². The molecule has 1 aliphatic carbocycles. The van der Waals surface area contributed by atoms with Gasteiger partial charge in [-0.05, 0) is 26.7 Å². The fourth-order valence-corrected chi connectivity index (χ4v) is 2.05. The number of hydrogen-bond acceptors (Lipinski definition) is 2. The molecule has 1 rings (SSSR count). The average Bonchev–Trinajstić information content (AvgIpc) is 2.55. The predicted octanol–water partition coefficient (Wildman–Crippen LogP) is 1.83. The Morgan fingerprint density at radius 2 is 1.88 bits per heavy atom. The van der Waals surface area contributed by atoms with Crippen LogP contribution < -0.4 is 10.6 Å². The Balaban J connectivity index is 2.27. The lowest BCUT2D eigenvalue weighted by molar-refractivity contribution is -0.121. The van der Waals surface area contributed by atoms with Gasteiger partial charge in [0.15, 0.2) is 0 Å². The first-order chi connectivity index (χ1) is 8.03. The molecule has 0 aliphatic heterocycles. The fraction of sp³-hybridized carbons (Fsp3) is 0.786. The third-order valence-electron chi connectivity index (χ3n) is 3.27. The van der Waals surface area contributed by atoms with Crippen molar-refractivity contribution >= 4 is 5.91 Å². The monoisotopic (exact) mass is 236 g/mol. The zero-order valence-electron chi connectivity index (χ0n) is 11.0. The Kier molecular flexibility index (Phi) is 5.50. The highest BCUT2D eigenvalue weighted by atomic mass is 16.2. The lowest BCUT2D eigenvalue weighted by Crippen LogP contribution is -2.46. The summed E-state index contributed by atoms with van der Waals surface area (Å²) in [6, 6.07) is 0.362. The lowest BCUT2D eigenvalue weighted by atomic mass is 10.1. The van der Waals surface area contributed by atoms with Crippen molar-refractivity contribution in [3.05, 3.63) is 0 Å². The second-order valence-electron chi connectivity index (χ2n) is 5.38. The van der Waals surface area contributed by atoms with Crippen LogP contribution in [-0.2, 0) is 4.79 Å². The normalized spacial score (nSPS) is 18.2. The van der Waals surface area contributed by atoms with Crippen molar-refractivity contribution < 1.29 is 4.79 Å². The highest BCUT2D eigenvalue weighted by molar-refractivity contribution is 5.78. The average molecular weight is 236 g/mol. The summed E-state index contributed by atoms with van der Waals surface area (Å²) in [6.45, 7) is 4.09. The molecule has 96 valence electrons. The molecule has 1 fully saturated rings. The van der Waals surface area contributed by atoms with Crippen LogP contribution in [0, 0.1) is 12.3 Å². The molecule has 0 radical (unpaired) electrons. The highest BCUT2D eigenvalue weighted by Crippen LogP contribution is 2.16. The number of nitrogens with one attached hydrogen (secondary N) is 2. The van der Waals surface area contributed by atoms with Crippen LogP contribution in [0.5, 0.6) is 0 Å². The number of terminal acetylenes is 1. The topological polar surface area (TPSA) is 41.1 Å². The number of carbonyl (C=O) groups is 1. The van der Waals surface area contributed by atoms with Crippen LogP contribution in [0.2, 0.25) is 0 Å². The predicted molar refractivity (Wildman–Crippen MR) is 70.5 cm³/mol. The first-order valence-corrected chi connectivity index (χ1v) is 6.56. The van der Waals surface area contributed by atoms with Crippen LogP contribution in [0.4, 0.5) is 0 Å². The van der Waals surface area contributed by atoms with Crippen molar-refractivity contribution in [3.8, 4) is 12.3 Å². The van der Waals surface area contributed by atoms with Gasteiger partial charge in [0.25, 0.3) is 0 Å². The van der Waals surface area contributed by atoms with E-state index in [9.17, 15) is 4.79 Å². The Morgan fingerprint density at radius 3 is 2.41 bits per heavy atom. The van der Waals surface area contributed by atoms with Crippen molar-refractivity contribution in [2.24, 2.45) is 0 Å². The van der Waals surface area contributed by atoms with Crippen LogP contribution in [0.15, 0.2) is 0 Å². The van der Waals surface area contributed by atoms with Gasteiger partial charge >= 0.3 is 0 Å². The van der Waals surface area contributed by atoms with E-state index in [2.05, 4.69) is 16.6 Å². The van der Waals surface area contributed by atoms with E-state index in [-0.39, 0.29) is 5.91 Å². The van der Waals surface area contributed by atoms with Gasteiger partial charge in [-0.2, -0.15) is 0 Å². The van der Waals surface area contributed by atoms with Gasteiger partial charge in [0.1, 0.15) is 0 Å². The quantitative estimate of drug-likeness (QED) is 0.577. The molecular formula is C14H24N2O. The maximum absolute atomic E-state index is 11.7. The van der Waals surface area contributed by atoms with Crippen LogP contribution in [0.3, 0.4) is 0 Å². The van der Waals surface area contributed by atoms with Crippen LogP contribution in [0.25, 0.3) is 0 Å². The van der Waals surface area contributed by atoms with E-state index in [0.29, 0.717) is 12.6 Å². The molecule has 3 nitrogen and oxygen atoms in total. The van der Waals surface area contributed by atoms with Gasteiger partial charge in [0.2, 0.25) is 5.91 Å². The molecule has 1 amide bonds. The second kappa shape index (κ2) is 6.66. The minimum Gasteiger partial charge on any atom is -0.352 e. The van der Waals surface area contributed by atoms with Crippen LogP contribution >= 0.6 is 0 Å². The summed E-state index contributed by atoms with van der Waals surface area (Å²) in [4.78, 5) is 11.7. The fourth-order valence-electron chi connectivity index (χ4n) is 2.05. The molecule has 0 bridgehead atoms. The molecule has 0 spiro atoms. The smallest absolute Gasteiger partial charge is 0.234 e. The van der Waals surface area contributed by atoms with Gasteiger partial charge in [-0.25, -0.2) is 0 Å². The molecule has 3 heteroatoms. The maximum Gasteiger partial charge on any atom is 0.234 e. The second-order valence-corrected chi connectivity index (χ2v) is 5.38. The zero-order valence-corrected chi connectivity index (χ0v) is 11.0. The van der Waals surface area contributed by atoms with Crippen molar-refractivity contribution in [1.82, 2.24) is 10.6 Å². The van der Waals surface area contributed by atoms with E-state index in [4.69, 9.17) is 6.42 Å². The van der Waals surface area contributed by atoms with E-state index < -0.39 is 5.54 Å². The summed E-state index contributed by atoms with van der Waals surface area (Å²) in [5.41, 5.74) is -0.416. The van der Waals surface area contributed by atoms with E-state index in [1.807, 2.05) is 13.8 Å². The molecule has 0 unspecified atom stereocenters. The van der Waals surface area contributed by atoms with Crippen molar-refractivity contribution in [1.29, 1.82) is 0 Å². The minimum atomic E-state index is -0.416. The summed E-state index contributed by atoms with van der Waals surface area (Å²) >= 11 is 0.